The van der Waals surface area contributed by atoms with E-state index in [1.54, 1.807) is 38.1 Å². The average molecular weight is 363 g/mol. The van der Waals surface area contributed by atoms with E-state index in [0.717, 1.165) is 0 Å². The molecule has 0 aliphatic rings. The van der Waals surface area contributed by atoms with Gasteiger partial charge in [-0.3, -0.25) is 19.0 Å². The first kappa shape index (κ1) is 19.2. The lowest BCUT2D eigenvalue weighted by Crippen LogP contribution is -2.41. The molecule has 9 heteroatoms. The highest BCUT2D eigenvalue weighted by molar-refractivity contribution is 5.86. The van der Waals surface area contributed by atoms with Crippen molar-refractivity contribution < 1.29 is 23.5 Å². The molecule has 26 heavy (non-hydrogen) atoms. The second-order valence-corrected chi connectivity index (χ2v) is 5.90. The number of carbonyl (C=O) groups excluding carboxylic acids is 3. The maximum absolute atomic E-state index is 11.8. The Labute approximate surface area is 149 Å². The Morgan fingerprint density at radius 2 is 1.92 bits per heavy atom. The maximum Gasteiger partial charge on any atom is 0.419 e. The molecular weight excluding hydrogens is 342 g/mol. The molecule has 1 aromatic carbocycles. The number of hydrogen-bond acceptors (Lipinski definition) is 6. The minimum atomic E-state index is -0.635. The molecule has 0 saturated carbocycles. The molecule has 0 radical (unpaired) electrons. The number of carbonyl (C=O) groups is 3. The maximum atomic E-state index is 11.8. The monoisotopic (exact) mass is 363 g/mol. The van der Waals surface area contributed by atoms with Crippen molar-refractivity contribution >= 4 is 28.9 Å². The van der Waals surface area contributed by atoms with Crippen LogP contribution in [0.25, 0.3) is 11.1 Å². The third kappa shape index (κ3) is 5.47. The van der Waals surface area contributed by atoms with Crippen LogP contribution in [-0.2, 0) is 25.7 Å². The zero-order valence-electron chi connectivity index (χ0n) is 14.6. The van der Waals surface area contributed by atoms with E-state index in [1.807, 2.05) is 0 Å². The predicted octanol–water partition coefficient (Wildman–Crippen LogP) is 0.169. The van der Waals surface area contributed by atoms with Gasteiger partial charge in [-0.15, -0.1) is 0 Å². The molecule has 0 fully saturated rings. The zero-order chi connectivity index (χ0) is 19.1. The van der Waals surface area contributed by atoms with E-state index in [2.05, 4.69) is 10.6 Å². The van der Waals surface area contributed by atoms with Gasteiger partial charge in [-0.2, -0.15) is 0 Å². The predicted molar refractivity (Wildman–Crippen MR) is 92.3 cm³/mol. The van der Waals surface area contributed by atoms with Gasteiger partial charge >= 0.3 is 11.7 Å². The Morgan fingerprint density at radius 3 is 2.65 bits per heavy atom. The van der Waals surface area contributed by atoms with E-state index in [9.17, 15) is 19.2 Å². The molecule has 2 rings (SSSR count). The van der Waals surface area contributed by atoms with Gasteiger partial charge in [-0.05, 0) is 26.0 Å². The number of oxazole rings is 1. The standard InChI is InChI=1S/C17H21N3O6/c1-11(2)19-14(21)9-18-15(22)10-25-16(23)7-8-20-12-5-3-4-6-13(12)26-17(20)24/h3-6,11H,7-10H2,1-2H3,(H,18,22)(H,19,21). The van der Waals surface area contributed by atoms with Crippen LogP contribution in [0.4, 0.5) is 0 Å². The highest BCUT2D eigenvalue weighted by atomic mass is 16.5. The number of ether oxygens (including phenoxy) is 1. The van der Waals surface area contributed by atoms with Gasteiger partial charge in [-0.25, -0.2) is 4.79 Å². The summed E-state index contributed by atoms with van der Waals surface area (Å²) < 4.78 is 11.2. The van der Waals surface area contributed by atoms with E-state index in [1.165, 1.54) is 4.57 Å². The summed E-state index contributed by atoms with van der Waals surface area (Å²) in [6.45, 7) is 3.00. The van der Waals surface area contributed by atoms with Gasteiger partial charge in [0.25, 0.3) is 5.91 Å². The number of esters is 1. The first-order valence-corrected chi connectivity index (χ1v) is 8.17. The lowest BCUT2D eigenvalue weighted by Gasteiger charge is -2.09. The van der Waals surface area contributed by atoms with Crippen molar-refractivity contribution in [3.05, 3.63) is 34.8 Å². The molecule has 140 valence electrons. The van der Waals surface area contributed by atoms with Crippen LogP contribution in [0.15, 0.2) is 33.5 Å². The molecule has 0 saturated heterocycles. The van der Waals surface area contributed by atoms with Crippen molar-refractivity contribution in [2.24, 2.45) is 0 Å². The molecule has 2 N–H and O–H groups in total. The van der Waals surface area contributed by atoms with Crippen LogP contribution in [0.3, 0.4) is 0 Å². The van der Waals surface area contributed by atoms with Crippen molar-refractivity contribution in [2.75, 3.05) is 13.2 Å². The average Bonchev–Trinajstić information content (AvgIpc) is 2.91. The smallest absolute Gasteiger partial charge is 0.419 e. The van der Waals surface area contributed by atoms with E-state index in [0.29, 0.717) is 11.1 Å². The molecule has 2 amide bonds. The molecule has 2 aromatic rings. The van der Waals surface area contributed by atoms with Crippen LogP contribution in [-0.4, -0.2) is 41.5 Å². The van der Waals surface area contributed by atoms with Gasteiger partial charge < -0.3 is 19.8 Å². The van der Waals surface area contributed by atoms with E-state index < -0.39 is 24.2 Å². The molecule has 0 aliphatic carbocycles. The minimum Gasteiger partial charge on any atom is -0.456 e. The molecule has 0 aliphatic heterocycles. The number of hydrogen-bond donors (Lipinski definition) is 2. The Balaban J connectivity index is 1.75. The number of amides is 2. The van der Waals surface area contributed by atoms with Crippen molar-refractivity contribution in [2.45, 2.75) is 32.9 Å². The summed E-state index contributed by atoms with van der Waals surface area (Å²) in [5.74, 6) is -2.11. The van der Waals surface area contributed by atoms with Gasteiger partial charge in [0, 0.05) is 12.6 Å². The molecule has 0 bridgehead atoms. The molecule has 0 atom stereocenters. The second-order valence-electron chi connectivity index (χ2n) is 5.90. The third-order valence-corrected chi connectivity index (χ3v) is 3.37. The van der Waals surface area contributed by atoms with Crippen LogP contribution < -0.4 is 16.4 Å². The van der Waals surface area contributed by atoms with Crippen molar-refractivity contribution in [1.29, 1.82) is 0 Å². The van der Waals surface area contributed by atoms with Crippen molar-refractivity contribution in [1.82, 2.24) is 15.2 Å². The van der Waals surface area contributed by atoms with Crippen LogP contribution in [0.2, 0.25) is 0 Å². The van der Waals surface area contributed by atoms with Gasteiger partial charge in [-0.1, -0.05) is 12.1 Å². The lowest BCUT2D eigenvalue weighted by molar-refractivity contribution is -0.148. The Morgan fingerprint density at radius 1 is 1.19 bits per heavy atom. The van der Waals surface area contributed by atoms with E-state index in [4.69, 9.17) is 9.15 Å². The highest BCUT2D eigenvalue weighted by Crippen LogP contribution is 2.12. The number of aromatic nitrogens is 1. The summed E-state index contributed by atoms with van der Waals surface area (Å²) in [6, 6.07) is 6.84. The summed E-state index contributed by atoms with van der Waals surface area (Å²) >= 11 is 0. The number of fused-ring (bicyclic) bond motifs is 1. The van der Waals surface area contributed by atoms with Crippen molar-refractivity contribution in [3.8, 4) is 0 Å². The highest BCUT2D eigenvalue weighted by Gasteiger charge is 2.13. The largest absolute Gasteiger partial charge is 0.456 e. The van der Waals surface area contributed by atoms with Crippen molar-refractivity contribution in [3.63, 3.8) is 0 Å². The number of para-hydroxylation sites is 2. The number of nitrogens with zero attached hydrogens (tertiary/aromatic N) is 1. The summed E-state index contributed by atoms with van der Waals surface area (Å²) in [4.78, 5) is 46.5. The van der Waals surface area contributed by atoms with Crippen LogP contribution in [0.5, 0.6) is 0 Å². The topological polar surface area (TPSA) is 120 Å². The Bertz CT molecular complexity index is 852. The number of nitrogens with one attached hydrogen (secondary N) is 2. The van der Waals surface area contributed by atoms with Gasteiger partial charge in [0.15, 0.2) is 12.2 Å². The van der Waals surface area contributed by atoms with Crippen LogP contribution in [0.1, 0.15) is 20.3 Å². The van der Waals surface area contributed by atoms with Gasteiger partial charge in [0.05, 0.1) is 18.5 Å². The summed E-state index contributed by atoms with van der Waals surface area (Å²) in [6.07, 6.45) is -0.0927. The quantitative estimate of drug-likeness (QED) is 0.645. The summed E-state index contributed by atoms with van der Waals surface area (Å²) in [7, 11) is 0. The summed E-state index contributed by atoms with van der Waals surface area (Å²) in [5.41, 5.74) is 1.02. The minimum absolute atomic E-state index is 0.0281. The Kier molecular flexibility index (Phi) is 6.54. The summed E-state index contributed by atoms with van der Waals surface area (Å²) in [5, 5.41) is 4.96. The molecule has 0 spiro atoms. The zero-order valence-corrected chi connectivity index (χ0v) is 14.6. The fraction of sp³-hybridized carbons (Fsp3) is 0.412. The number of rotatable bonds is 8. The molecular formula is C17H21N3O6. The second kappa shape index (κ2) is 8.84. The number of benzene rings is 1. The SMILES string of the molecule is CC(C)NC(=O)CNC(=O)COC(=O)CCn1c(=O)oc2ccccc21. The Hall–Kier alpha value is -3.10. The van der Waals surface area contributed by atoms with E-state index in [-0.39, 0.29) is 31.5 Å². The number of aryl methyl sites for hydroxylation is 1. The lowest BCUT2D eigenvalue weighted by atomic mass is 10.3. The first-order chi connectivity index (χ1) is 12.4. The first-order valence-electron chi connectivity index (χ1n) is 8.17. The molecule has 9 nitrogen and oxygen atoms in total. The fourth-order valence-electron chi connectivity index (χ4n) is 2.25. The van der Waals surface area contributed by atoms with Crippen LogP contribution in [0, 0.1) is 0 Å². The third-order valence-electron chi connectivity index (χ3n) is 3.37. The molecule has 0 unspecified atom stereocenters. The van der Waals surface area contributed by atoms with Gasteiger partial charge in [0.1, 0.15) is 0 Å². The molecule has 1 heterocycles. The van der Waals surface area contributed by atoms with Crippen LogP contribution >= 0.6 is 0 Å². The van der Waals surface area contributed by atoms with E-state index >= 15 is 0 Å². The molecule has 1 aromatic heterocycles. The van der Waals surface area contributed by atoms with Gasteiger partial charge in [0.2, 0.25) is 5.91 Å². The normalized spacial score (nSPS) is 10.7. The fourth-order valence-corrected chi connectivity index (χ4v) is 2.25.